The van der Waals surface area contributed by atoms with Crippen LogP contribution in [0, 0.1) is 19.8 Å². The van der Waals surface area contributed by atoms with E-state index in [0.717, 1.165) is 17.5 Å². The number of pyridine rings is 1. The zero-order valence-corrected chi connectivity index (χ0v) is 20.3. The second kappa shape index (κ2) is 9.25. The van der Waals surface area contributed by atoms with Gasteiger partial charge in [-0.15, -0.1) is 0 Å². The highest BCUT2D eigenvalue weighted by atomic mass is 16.3. The van der Waals surface area contributed by atoms with E-state index in [1.165, 1.54) is 9.58 Å². The van der Waals surface area contributed by atoms with Gasteiger partial charge in [-0.2, -0.15) is 9.67 Å². The molecule has 7 nitrogen and oxygen atoms in total. The molecule has 34 heavy (non-hydrogen) atoms. The molecule has 0 unspecified atom stereocenters. The molecule has 0 fully saturated rings. The lowest BCUT2D eigenvalue weighted by Crippen LogP contribution is -2.41. The normalized spacial score (nSPS) is 14.1. The molecule has 0 aliphatic carbocycles. The number of aromatic nitrogens is 3. The van der Waals surface area contributed by atoms with E-state index in [4.69, 9.17) is 0 Å². The third-order valence-corrected chi connectivity index (χ3v) is 5.74. The first-order valence-corrected chi connectivity index (χ1v) is 11.7. The molecule has 3 heterocycles. The Hall–Kier alpha value is -3.74. The third kappa shape index (κ3) is 4.14. The summed E-state index contributed by atoms with van der Waals surface area (Å²) >= 11 is 0. The largest absolute Gasteiger partial charge is 0.858 e. The van der Waals surface area contributed by atoms with Crippen LogP contribution >= 0.6 is 0 Å². The van der Waals surface area contributed by atoms with Crippen molar-refractivity contribution in [3.8, 4) is 11.6 Å². The van der Waals surface area contributed by atoms with Gasteiger partial charge in [-0.05, 0) is 50.3 Å². The minimum Gasteiger partial charge on any atom is -0.858 e. The lowest BCUT2D eigenvalue weighted by atomic mass is 10.0. The van der Waals surface area contributed by atoms with Crippen molar-refractivity contribution in [2.45, 2.75) is 47.5 Å². The molecule has 0 saturated heterocycles. The van der Waals surface area contributed by atoms with Crippen LogP contribution in [0.2, 0.25) is 0 Å². The van der Waals surface area contributed by atoms with Crippen molar-refractivity contribution in [3.63, 3.8) is 0 Å². The molecule has 2 amide bonds. The Morgan fingerprint density at radius 1 is 1.03 bits per heavy atom. The number of amides is 2. The van der Waals surface area contributed by atoms with Gasteiger partial charge in [0.1, 0.15) is 5.57 Å². The number of carbonyl (C=O) groups excluding carboxylic acids is 2. The number of imide groups is 1. The zero-order valence-electron chi connectivity index (χ0n) is 20.3. The number of aryl methyl sites for hydroxylation is 3. The topological polar surface area (TPSA) is 82.1 Å². The summed E-state index contributed by atoms with van der Waals surface area (Å²) in [6.45, 7) is 10.1. The molecule has 2 aromatic heterocycles. The number of hydrogen-bond donors (Lipinski definition) is 0. The Morgan fingerprint density at radius 2 is 1.68 bits per heavy atom. The molecule has 0 atom stereocenters. The summed E-state index contributed by atoms with van der Waals surface area (Å²) in [7, 11) is 0. The van der Waals surface area contributed by atoms with Gasteiger partial charge in [0.2, 0.25) is 0 Å². The molecule has 3 aromatic rings. The first-order valence-electron chi connectivity index (χ1n) is 11.7. The average Bonchev–Trinajstić information content (AvgIpc) is 3.22. The Labute approximate surface area is 200 Å². The highest BCUT2D eigenvalue weighted by molar-refractivity contribution is 6.44. The molecular formula is C27H30N4O3. The fourth-order valence-corrected chi connectivity index (χ4v) is 4.45. The van der Waals surface area contributed by atoms with Crippen LogP contribution in [0.1, 0.15) is 49.6 Å². The monoisotopic (exact) mass is 458 g/mol. The maximum Gasteiger partial charge on any atom is 0.326 e. The van der Waals surface area contributed by atoms with Crippen LogP contribution in [0.5, 0.6) is 5.88 Å². The van der Waals surface area contributed by atoms with Gasteiger partial charge in [0, 0.05) is 23.2 Å². The van der Waals surface area contributed by atoms with Crippen molar-refractivity contribution < 1.29 is 19.3 Å². The van der Waals surface area contributed by atoms with E-state index in [1.807, 2.05) is 71.3 Å². The van der Waals surface area contributed by atoms with Crippen molar-refractivity contribution in [2.75, 3.05) is 6.54 Å². The van der Waals surface area contributed by atoms with E-state index >= 15 is 0 Å². The number of hydrogen-bond acceptors (Lipinski definition) is 4. The van der Waals surface area contributed by atoms with Crippen LogP contribution in [0.15, 0.2) is 48.8 Å². The molecule has 1 aliphatic rings. The van der Waals surface area contributed by atoms with E-state index in [0.29, 0.717) is 17.8 Å². The average molecular weight is 459 g/mol. The summed E-state index contributed by atoms with van der Waals surface area (Å²) < 4.78 is 3.02. The number of para-hydroxylation sites is 1. The first-order chi connectivity index (χ1) is 16.2. The van der Waals surface area contributed by atoms with Gasteiger partial charge in [0.15, 0.2) is 12.4 Å². The van der Waals surface area contributed by atoms with E-state index in [2.05, 4.69) is 5.10 Å². The molecule has 4 rings (SSSR count). The predicted octanol–water partition coefficient (Wildman–Crippen LogP) is 3.20. The van der Waals surface area contributed by atoms with Crippen LogP contribution in [-0.4, -0.2) is 33.0 Å². The predicted molar refractivity (Wildman–Crippen MR) is 128 cm³/mol. The molecule has 0 N–H and O–H groups in total. The summed E-state index contributed by atoms with van der Waals surface area (Å²) in [4.78, 5) is 28.6. The summed E-state index contributed by atoms with van der Waals surface area (Å²) in [6, 6.07) is 11.1. The van der Waals surface area contributed by atoms with Gasteiger partial charge >= 0.3 is 5.91 Å². The molecular weight excluding hydrogens is 428 g/mol. The van der Waals surface area contributed by atoms with E-state index in [9.17, 15) is 14.7 Å². The fourth-order valence-electron chi connectivity index (χ4n) is 4.45. The van der Waals surface area contributed by atoms with Crippen molar-refractivity contribution in [2.24, 2.45) is 5.92 Å². The Kier molecular flexibility index (Phi) is 6.37. The van der Waals surface area contributed by atoms with E-state index in [-0.39, 0.29) is 35.2 Å². The molecule has 176 valence electrons. The van der Waals surface area contributed by atoms with Crippen molar-refractivity contribution in [1.29, 1.82) is 0 Å². The summed E-state index contributed by atoms with van der Waals surface area (Å²) in [5.74, 6) is -1.13. The van der Waals surface area contributed by atoms with Crippen molar-refractivity contribution in [1.82, 2.24) is 14.7 Å². The summed E-state index contributed by atoms with van der Waals surface area (Å²) in [5, 5.41) is 18.3. The first kappa shape index (κ1) is 23.4. The smallest absolute Gasteiger partial charge is 0.326 e. The second-order valence-corrected chi connectivity index (χ2v) is 9.26. The number of nitrogens with zero attached hydrogens (tertiary/aromatic N) is 4. The SMILES string of the molecule is CCCc1nn(-c2ccccc2)c([O-])c1C1=C([n+]2cc(C)cc(C)c2)C(=O)N(CC(C)C)C1=O. The van der Waals surface area contributed by atoms with Crippen LogP contribution in [0.4, 0.5) is 0 Å². The molecule has 7 heteroatoms. The second-order valence-electron chi connectivity index (χ2n) is 9.26. The molecule has 0 bridgehead atoms. The Morgan fingerprint density at radius 3 is 2.26 bits per heavy atom. The Bertz CT molecular complexity index is 1270. The minimum absolute atomic E-state index is 0.0895. The summed E-state index contributed by atoms with van der Waals surface area (Å²) in [6.07, 6.45) is 4.90. The van der Waals surface area contributed by atoms with Crippen molar-refractivity contribution >= 4 is 23.1 Å². The van der Waals surface area contributed by atoms with Crippen LogP contribution in [0.25, 0.3) is 17.0 Å². The van der Waals surface area contributed by atoms with Gasteiger partial charge < -0.3 is 5.11 Å². The van der Waals surface area contributed by atoms with E-state index < -0.39 is 11.8 Å². The molecule has 1 aliphatic heterocycles. The van der Waals surface area contributed by atoms with E-state index in [1.54, 1.807) is 16.7 Å². The quantitative estimate of drug-likeness (QED) is 0.402. The molecule has 0 spiro atoms. The maximum absolute atomic E-state index is 13.7. The maximum atomic E-state index is 13.7. The fraction of sp³-hybridized carbons (Fsp3) is 0.333. The lowest BCUT2D eigenvalue weighted by Gasteiger charge is -2.17. The van der Waals surface area contributed by atoms with Crippen molar-refractivity contribution in [3.05, 3.63) is 71.2 Å². The van der Waals surface area contributed by atoms with Gasteiger partial charge in [-0.1, -0.05) is 45.4 Å². The van der Waals surface area contributed by atoms with Crippen LogP contribution in [-0.2, 0) is 16.0 Å². The minimum atomic E-state index is -0.442. The van der Waals surface area contributed by atoms with Gasteiger partial charge in [0.25, 0.3) is 11.6 Å². The summed E-state index contributed by atoms with van der Waals surface area (Å²) in [5.41, 5.74) is 3.61. The molecule has 1 aromatic carbocycles. The lowest BCUT2D eigenvalue weighted by molar-refractivity contribution is -0.577. The highest BCUT2D eigenvalue weighted by Gasteiger charge is 2.46. The number of benzene rings is 1. The van der Waals surface area contributed by atoms with Crippen LogP contribution in [0.3, 0.4) is 0 Å². The number of rotatable bonds is 7. The van der Waals surface area contributed by atoms with Gasteiger partial charge in [-0.3, -0.25) is 14.5 Å². The number of carbonyl (C=O) groups is 2. The Balaban J connectivity index is 2.02. The highest BCUT2D eigenvalue weighted by Crippen LogP contribution is 2.37. The molecule has 0 radical (unpaired) electrons. The van der Waals surface area contributed by atoms with Gasteiger partial charge in [0.05, 0.1) is 11.4 Å². The van der Waals surface area contributed by atoms with Gasteiger partial charge in [-0.25, -0.2) is 4.68 Å². The zero-order chi connectivity index (χ0) is 24.6. The standard InChI is InChI=1S/C27H30N4O3/c1-6-10-21-22(26(33)31(28-21)20-11-8-7-9-12-20)23-24(29-15-18(4)13-19(5)16-29)27(34)30(25(23)32)14-17(2)3/h7-9,11-13,15-17H,6,10,14H2,1-5H3. The van der Waals surface area contributed by atoms with Crippen LogP contribution < -0.4 is 9.67 Å². The third-order valence-electron chi connectivity index (χ3n) is 5.74. The molecule has 0 saturated carbocycles.